The third-order valence-electron chi connectivity index (χ3n) is 8.77. The standard InChI is InChI=1S/C34H34O2Si/c1-34(2,37(3,4)36)17-16-22-18-23(21-35)20-25(19-22)26-14-15-31-29-11-6-9-24-8-5-10-28(32(24)29)30-13-7-12-27(26)33(30)31/h5-15,18-20,35-36H,16-17,21H2,1-4H3. The molecule has 0 bridgehead atoms. The Morgan fingerprint density at radius 2 is 1.24 bits per heavy atom. The normalized spacial score (nSPS) is 12.9. The van der Waals surface area contributed by atoms with Crippen LogP contribution in [0.1, 0.15) is 31.4 Å². The zero-order chi connectivity index (χ0) is 25.9. The van der Waals surface area contributed by atoms with Crippen LogP contribution in [0.2, 0.25) is 18.1 Å². The Hall–Kier alpha value is -3.24. The van der Waals surface area contributed by atoms with Gasteiger partial charge in [-0.05, 0) is 102 Å². The highest BCUT2D eigenvalue weighted by molar-refractivity contribution is 6.72. The summed E-state index contributed by atoms with van der Waals surface area (Å²) in [5.41, 5.74) is 4.48. The highest BCUT2D eigenvalue weighted by Crippen LogP contribution is 2.44. The third-order valence-corrected chi connectivity index (χ3v) is 12.3. The first-order valence-electron chi connectivity index (χ1n) is 13.2. The number of benzene rings is 6. The average molecular weight is 503 g/mol. The first kappa shape index (κ1) is 24.1. The molecule has 0 radical (unpaired) electrons. The van der Waals surface area contributed by atoms with E-state index in [-0.39, 0.29) is 11.6 Å². The Kier molecular flexibility index (Phi) is 5.65. The second-order valence-electron chi connectivity index (χ2n) is 11.7. The van der Waals surface area contributed by atoms with Crippen molar-refractivity contribution in [1.82, 2.24) is 0 Å². The molecule has 0 aliphatic rings. The summed E-state index contributed by atoms with van der Waals surface area (Å²) in [5, 5.41) is 20.3. The lowest BCUT2D eigenvalue weighted by Crippen LogP contribution is -2.39. The van der Waals surface area contributed by atoms with Crippen molar-refractivity contribution in [3.63, 3.8) is 0 Å². The number of aryl methyl sites for hydroxylation is 1. The summed E-state index contributed by atoms with van der Waals surface area (Å²) < 4.78 is 0. The summed E-state index contributed by atoms with van der Waals surface area (Å²) in [7, 11) is -2.28. The minimum Gasteiger partial charge on any atom is -0.432 e. The monoisotopic (exact) mass is 502 g/mol. The largest absolute Gasteiger partial charge is 0.432 e. The van der Waals surface area contributed by atoms with Crippen LogP contribution in [0.25, 0.3) is 54.2 Å². The third kappa shape index (κ3) is 3.93. The van der Waals surface area contributed by atoms with Crippen LogP contribution in [0.15, 0.2) is 84.9 Å². The summed E-state index contributed by atoms with van der Waals surface area (Å²) in [5.74, 6) is 0. The topological polar surface area (TPSA) is 40.5 Å². The van der Waals surface area contributed by atoms with Crippen LogP contribution in [-0.2, 0) is 13.0 Å². The maximum atomic E-state index is 10.8. The van der Waals surface area contributed by atoms with Crippen molar-refractivity contribution >= 4 is 51.4 Å². The van der Waals surface area contributed by atoms with Gasteiger partial charge in [-0.25, -0.2) is 0 Å². The van der Waals surface area contributed by atoms with Crippen LogP contribution in [0, 0.1) is 0 Å². The number of hydrogen-bond donors (Lipinski definition) is 2. The van der Waals surface area contributed by atoms with Crippen molar-refractivity contribution in [1.29, 1.82) is 0 Å². The molecule has 0 saturated carbocycles. The van der Waals surface area contributed by atoms with Crippen LogP contribution in [0.4, 0.5) is 0 Å². The van der Waals surface area contributed by atoms with Gasteiger partial charge in [0.1, 0.15) is 0 Å². The molecule has 0 heterocycles. The maximum Gasteiger partial charge on any atom is 0.188 e. The number of fused-ring (bicyclic) bond motifs is 2. The van der Waals surface area contributed by atoms with Gasteiger partial charge >= 0.3 is 0 Å². The lowest BCUT2D eigenvalue weighted by molar-refractivity contribution is 0.281. The molecule has 2 N–H and O–H groups in total. The molecule has 2 nitrogen and oxygen atoms in total. The van der Waals surface area contributed by atoms with Gasteiger partial charge in [-0.1, -0.05) is 92.7 Å². The summed E-state index contributed by atoms with van der Waals surface area (Å²) >= 11 is 0. The maximum absolute atomic E-state index is 10.8. The van der Waals surface area contributed by atoms with E-state index in [1.807, 2.05) is 13.1 Å². The first-order chi connectivity index (χ1) is 17.7. The quantitative estimate of drug-likeness (QED) is 0.136. The van der Waals surface area contributed by atoms with E-state index in [1.54, 1.807) is 0 Å². The molecule has 0 aliphatic carbocycles. The number of rotatable bonds is 6. The summed E-state index contributed by atoms with van der Waals surface area (Å²) in [6, 6.07) is 30.9. The minimum atomic E-state index is -2.28. The molecule has 37 heavy (non-hydrogen) atoms. The molecule has 0 saturated heterocycles. The second kappa shape index (κ2) is 8.66. The van der Waals surface area contributed by atoms with Gasteiger partial charge in [-0.3, -0.25) is 0 Å². The Bertz CT molecular complexity index is 1720. The Morgan fingerprint density at radius 1 is 0.676 bits per heavy atom. The molecule has 0 amide bonds. The molecule has 6 rings (SSSR count). The van der Waals surface area contributed by atoms with Gasteiger partial charge in [-0.2, -0.15) is 0 Å². The zero-order valence-electron chi connectivity index (χ0n) is 22.1. The van der Waals surface area contributed by atoms with Crippen LogP contribution in [0.5, 0.6) is 0 Å². The predicted molar refractivity (Wildman–Crippen MR) is 161 cm³/mol. The smallest absolute Gasteiger partial charge is 0.188 e. The van der Waals surface area contributed by atoms with Crippen molar-refractivity contribution in [2.45, 2.75) is 51.4 Å². The molecule has 0 aromatic heterocycles. The molecule has 0 aliphatic heterocycles. The summed E-state index contributed by atoms with van der Waals surface area (Å²) in [4.78, 5) is 10.8. The van der Waals surface area contributed by atoms with Gasteiger partial charge in [0, 0.05) is 0 Å². The Labute approximate surface area is 219 Å². The SMILES string of the molecule is CC(C)(CCc1cc(CO)cc(-c2ccc3c4cccc5cccc(c6cccc2c63)c54)c1)[Si](C)(C)O. The summed E-state index contributed by atoms with van der Waals surface area (Å²) in [6.45, 7) is 8.43. The average Bonchev–Trinajstić information content (AvgIpc) is 2.89. The minimum absolute atomic E-state index is 0.0150. The lowest BCUT2D eigenvalue weighted by atomic mass is 9.86. The van der Waals surface area contributed by atoms with Crippen LogP contribution < -0.4 is 0 Å². The molecule has 0 unspecified atom stereocenters. The first-order valence-corrected chi connectivity index (χ1v) is 16.2. The fourth-order valence-corrected chi connectivity index (χ4v) is 6.55. The highest BCUT2D eigenvalue weighted by Gasteiger charge is 2.37. The van der Waals surface area contributed by atoms with E-state index in [9.17, 15) is 9.90 Å². The Balaban J connectivity index is 1.55. The van der Waals surface area contributed by atoms with Crippen molar-refractivity contribution in [2.24, 2.45) is 0 Å². The summed E-state index contributed by atoms with van der Waals surface area (Å²) in [6.07, 6.45) is 1.79. The Morgan fingerprint density at radius 3 is 1.89 bits per heavy atom. The van der Waals surface area contributed by atoms with Crippen molar-refractivity contribution in [3.8, 4) is 11.1 Å². The van der Waals surface area contributed by atoms with Gasteiger partial charge in [0.25, 0.3) is 0 Å². The second-order valence-corrected chi connectivity index (χ2v) is 16.2. The number of aliphatic hydroxyl groups is 1. The predicted octanol–water partition coefficient (Wildman–Crippen LogP) is 8.81. The molecular weight excluding hydrogens is 468 g/mol. The number of hydrogen-bond acceptors (Lipinski definition) is 2. The molecule has 6 aromatic rings. The van der Waals surface area contributed by atoms with Crippen molar-refractivity contribution in [3.05, 3.63) is 96.1 Å². The molecule has 6 aromatic carbocycles. The van der Waals surface area contributed by atoms with Crippen molar-refractivity contribution < 1.29 is 9.90 Å². The van der Waals surface area contributed by atoms with E-state index in [2.05, 4.69) is 98.8 Å². The van der Waals surface area contributed by atoms with Gasteiger partial charge in [0.2, 0.25) is 0 Å². The van der Waals surface area contributed by atoms with Gasteiger partial charge in [0.05, 0.1) is 6.61 Å². The molecule has 0 spiro atoms. The zero-order valence-corrected chi connectivity index (χ0v) is 23.1. The van der Waals surface area contributed by atoms with E-state index in [0.29, 0.717) is 0 Å². The van der Waals surface area contributed by atoms with Gasteiger partial charge < -0.3 is 9.90 Å². The molecule has 3 heteroatoms. The highest BCUT2D eigenvalue weighted by atomic mass is 28.4. The molecule has 0 fully saturated rings. The molecular formula is C34H34O2Si. The van der Waals surface area contributed by atoms with Gasteiger partial charge in [-0.15, -0.1) is 0 Å². The fraction of sp³-hybridized carbons (Fsp3) is 0.235. The van der Waals surface area contributed by atoms with Crippen LogP contribution in [0.3, 0.4) is 0 Å². The van der Waals surface area contributed by atoms with Crippen molar-refractivity contribution in [2.75, 3.05) is 0 Å². The van der Waals surface area contributed by atoms with E-state index >= 15 is 0 Å². The molecule has 186 valence electrons. The van der Waals surface area contributed by atoms with Gasteiger partial charge in [0.15, 0.2) is 8.32 Å². The fourth-order valence-electron chi connectivity index (χ4n) is 5.81. The van der Waals surface area contributed by atoms with Crippen LogP contribution >= 0.6 is 0 Å². The van der Waals surface area contributed by atoms with E-state index in [0.717, 1.165) is 24.0 Å². The lowest BCUT2D eigenvalue weighted by Gasteiger charge is -2.35. The van der Waals surface area contributed by atoms with E-state index < -0.39 is 8.32 Å². The molecule has 0 atom stereocenters. The van der Waals surface area contributed by atoms with E-state index in [1.165, 1.54) is 54.2 Å². The van der Waals surface area contributed by atoms with E-state index in [4.69, 9.17) is 0 Å². The van der Waals surface area contributed by atoms with Crippen LogP contribution in [-0.4, -0.2) is 18.2 Å². The number of aliphatic hydroxyl groups excluding tert-OH is 1.